The van der Waals surface area contributed by atoms with Crippen LogP contribution in [0.4, 0.5) is 10.3 Å². The molecule has 11 heteroatoms. The fourth-order valence-electron chi connectivity index (χ4n) is 4.84. The highest BCUT2D eigenvalue weighted by atomic mass is 35.5. The van der Waals surface area contributed by atoms with Gasteiger partial charge in [-0.2, -0.15) is 0 Å². The Hall–Kier alpha value is -3.76. The Morgan fingerprint density at radius 1 is 1.16 bits per heavy atom. The lowest BCUT2D eigenvalue weighted by Crippen LogP contribution is -2.55. The molecule has 1 aliphatic heterocycles. The van der Waals surface area contributed by atoms with Crippen LogP contribution in [0.5, 0.6) is 0 Å². The Labute approximate surface area is 217 Å². The van der Waals surface area contributed by atoms with Crippen molar-refractivity contribution in [2.24, 2.45) is 7.05 Å². The van der Waals surface area contributed by atoms with Crippen LogP contribution >= 0.6 is 11.6 Å². The van der Waals surface area contributed by atoms with Gasteiger partial charge in [-0.1, -0.05) is 35.9 Å². The molecule has 4 aromatic rings. The van der Waals surface area contributed by atoms with Crippen molar-refractivity contribution in [3.63, 3.8) is 0 Å². The minimum Gasteiger partial charge on any atom is -0.387 e. The predicted octanol–water partition coefficient (Wildman–Crippen LogP) is 2.67. The molecule has 37 heavy (non-hydrogen) atoms. The number of hydrogen-bond donors (Lipinski definition) is 1. The first-order chi connectivity index (χ1) is 17.8. The molecule has 9 nitrogen and oxygen atoms in total. The molecule has 0 aliphatic carbocycles. The van der Waals surface area contributed by atoms with Crippen LogP contribution < -0.4 is 10.5 Å². The molecule has 1 amide bonds. The zero-order valence-corrected chi connectivity index (χ0v) is 21.2. The van der Waals surface area contributed by atoms with Crippen molar-refractivity contribution in [3.05, 3.63) is 75.5 Å². The normalized spacial score (nSPS) is 16.0. The Morgan fingerprint density at radius 2 is 1.89 bits per heavy atom. The van der Waals surface area contributed by atoms with Crippen molar-refractivity contribution in [2.75, 3.05) is 31.1 Å². The number of aromatic nitrogens is 4. The summed E-state index contributed by atoms with van der Waals surface area (Å²) < 4.78 is 18.9. The fraction of sp³-hybridized carbons (Fsp3) is 0.308. The van der Waals surface area contributed by atoms with Crippen LogP contribution in [-0.4, -0.2) is 67.5 Å². The molecular weight excluding hydrogens is 499 g/mol. The van der Waals surface area contributed by atoms with Gasteiger partial charge < -0.3 is 14.9 Å². The molecule has 2 aromatic carbocycles. The van der Waals surface area contributed by atoms with E-state index in [-0.39, 0.29) is 40.5 Å². The average Bonchev–Trinajstić information content (AvgIpc) is 3.15. The smallest absolute Gasteiger partial charge is 0.274 e. The van der Waals surface area contributed by atoms with Gasteiger partial charge in [-0.3, -0.25) is 19.0 Å². The number of aliphatic hydroxyl groups excluding tert-OH is 1. The Bertz CT molecular complexity index is 1530. The molecule has 2 aromatic heterocycles. The summed E-state index contributed by atoms with van der Waals surface area (Å²) in [6.07, 6.45) is 3.11. The van der Waals surface area contributed by atoms with E-state index in [1.54, 1.807) is 47.2 Å². The predicted molar refractivity (Wildman–Crippen MR) is 139 cm³/mol. The van der Waals surface area contributed by atoms with E-state index in [2.05, 4.69) is 9.97 Å². The van der Waals surface area contributed by atoms with E-state index in [1.165, 1.54) is 4.68 Å². The van der Waals surface area contributed by atoms with E-state index in [0.717, 1.165) is 5.56 Å². The van der Waals surface area contributed by atoms with Crippen LogP contribution in [0.3, 0.4) is 0 Å². The van der Waals surface area contributed by atoms with Crippen molar-refractivity contribution < 1.29 is 14.3 Å². The molecule has 3 heterocycles. The standard InChI is InChI=1S/C26H26ClFN6O3/c1-16-13-32(9-10-33(16)22(36)15-35)26-29-11-18(12-30-26)19-7-8-20-24(23(19)28)34(31(2)25(20)37)14-17-5-3-4-6-21(17)27/h3-8,11-12,16,35H,9-10,13-15H2,1-2H3. The van der Waals surface area contributed by atoms with Crippen molar-refractivity contribution in [3.8, 4) is 11.1 Å². The molecular formula is C26H26ClFN6O3. The summed E-state index contributed by atoms with van der Waals surface area (Å²) in [5.74, 6) is -0.366. The number of fused-ring (bicyclic) bond motifs is 1. The average molecular weight is 525 g/mol. The van der Waals surface area contributed by atoms with Crippen molar-refractivity contribution in [1.29, 1.82) is 0 Å². The monoisotopic (exact) mass is 524 g/mol. The van der Waals surface area contributed by atoms with E-state index in [1.807, 2.05) is 30.0 Å². The minimum absolute atomic E-state index is 0.107. The first kappa shape index (κ1) is 24.9. The maximum absolute atomic E-state index is 15.9. The van der Waals surface area contributed by atoms with Gasteiger partial charge in [0, 0.05) is 61.3 Å². The number of carbonyl (C=O) groups excluding carboxylic acids is 1. The van der Waals surface area contributed by atoms with Gasteiger partial charge in [-0.25, -0.2) is 14.4 Å². The second-order valence-electron chi connectivity index (χ2n) is 9.11. The number of carbonyl (C=O) groups is 1. The van der Waals surface area contributed by atoms with Crippen LogP contribution in [0, 0.1) is 5.82 Å². The number of nitrogens with zero attached hydrogens (tertiary/aromatic N) is 6. The maximum Gasteiger partial charge on any atom is 0.274 e. The third kappa shape index (κ3) is 4.47. The molecule has 192 valence electrons. The summed E-state index contributed by atoms with van der Waals surface area (Å²) in [6.45, 7) is 3.11. The SMILES string of the molecule is CC1CN(c2ncc(-c3ccc4c(=O)n(C)n(Cc5ccccc5Cl)c4c3F)cn2)CCN1C(=O)CO. The molecule has 1 saturated heterocycles. The van der Waals surface area contributed by atoms with Gasteiger partial charge in [0.25, 0.3) is 5.56 Å². The summed E-state index contributed by atoms with van der Waals surface area (Å²) in [5, 5.41) is 9.96. The topological polar surface area (TPSA) is 96.5 Å². The van der Waals surface area contributed by atoms with Crippen molar-refractivity contribution >= 4 is 34.4 Å². The third-order valence-corrected chi connectivity index (χ3v) is 7.22. The highest BCUT2D eigenvalue weighted by Gasteiger charge is 2.28. The van der Waals surface area contributed by atoms with Gasteiger partial charge >= 0.3 is 0 Å². The number of piperazine rings is 1. The van der Waals surface area contributed by atoms with Gasteiger partial charge in [-0.15, -0.1) is 0 Å². The summed E-state index contributed by atoms with van der Waals surface area (Å²) in [4.78, 5) is 37.2. The molecule has 1 atom stereocenters. The van der Waals surface area contributed by atoms with E-state index in [0.29, 0.717) is 36.2 Å². The van der Waals surface area contributed by atoms with Gasteiger partial charge in [0.15, 0.2) is 5.82 Å². The summed E-state index contributed by atoms with van der Waals surface area (Å²) >= 11 is 6.32. The lowest BCUT2D eigenvalue weighted by Gasteiger charge is -2.39. The number of rotatable bonds is 5. The molecule has 0 spiro atoms. The van der Waals surface area contributed by atoms with E-state index < -0.39 is 12.4 Å². The number of benzene rings is 2. The van der Waals surface area contributed by atoms with Crippen LogP contribution in [0.15, 0.2) is 53.6 Å². The molecule has 1 N–H and O–H groups in total. The lowest BCUT2D eigenvalue weighted by atomic mass is 10.1. The third-order valence-electron chi connectivity index (χ3n) is 6.85. The summed E-state index contributed by atoms with van der Waals surface area (Å²) in [7, 11) is 1.60. The van der Waals surface area contributed by atoms with Crippen molar-refractivity contribution in [2.45, 2.75) is 19.5 Å². The fourth-order valence-corrected chi connectivity index (χ4v) is 5.04. The first-order valence-corrected chi connectivity index (χ1v) is 12.3. The van der Waals surface area contributed by atoms with Gasteiger partial charge in [0.2, 0.25) is 11.9 Å². The number of aliphatic hydroxyl groups is 1. The Kier molecular flexibility index (Phi) is 6.70. The van der Waals surface area contributed by atoms with Gasteiger partial charge in [-0.05, 0) is 24.6 Å². The zero-order valence-electron chi connectivity index (χ0n) is 20.4. The molecule has 5 rings (SSSR count). The summed E-state index contributed by atoms with van der Waals surface area (Å²) in [5.41, 5.74) is 1.42. The molecule has 0 radical (unpaired) electrons. The number of halogens is 2. The number of amides is 1. The number of hydrogen-bond acceptors (Lipinski definition) is 6. The van der Waals surface area contributed by atoms with Crippen LogP contribution in [0.25, 0.3) is 22.0 Å². The molecule has 1 unspecified atom stereocenters. The van der Waals surface area contributed by atoms with E-state index in [9.17, 15) is 9.59 Å². The first-order valence-electron chi connectivity index (χ1n) is 11.9. The second kappa shape index (κ2) is 9.95. The highest BCUT2D eigenvalue weighted by molar-refractivity contribution is 6.31. The summed E-state index contributed by atoms with van der Waals surface area (Å²) in [6, 6.07) is 10.3. The van der Waals surface area contributed by atoms with Gasteiger partial charge in [0.05, 0.1) is 11.9 Å². The highest BCUT2D eigenvalue weighted by Crippen LogP contribution is 2.29. The molecule has 0 bridgehead atoms. The van der Waals surface area contributed by atoms with E-state index >= 15 is 4.39 Å². The number of anilines is 1. The molecule has 1 aliphatic rings. The van der Waals surface area contributed by atoms with Crippen LogP contribution in [0.2, 0.25) is 5.02 Å². The Morgan fingerprint density at radius 3 is 2.57 bits per heavy atom. The second-order valence-corrected chi connectivity index (χ2v) is 9.52. The van der Waals surface area contributed by atoms with Crippen molar-refractivity contribution in [1.82, 2.24) is 24.2 Å². The molecule has 0 saturated carbocycles. The largest absolute Gasteiger partial charge is 0.387 e. The van der Waals surface area contributed by atoms with Crippen LogP contribution in [0.1, 0.15) is 12.5 Å². The maximum atomic E-state index is 15.9. The molecule has 1 fully saturated rings. The lowest BCUT2D eigenvalue weighted by molar-refractivity contribution is -0.136. The Balaban J connectivity index is 1.46. The minimum atomic E-state index is -0.539. The quantitative estimate of drug-likeness (QED) is 0.431. The van der Waals surface area contributed by atoms with Crippen LogP contribution in [-0.2, 0) is 18.4 Å². The van der Waals surface area contributed by atoms with E-state index in [4.69, 9.17) is 16.7 Å². The zero-order chi connectivity index (χ0) is 26.3. The van der Waals surface area contributed by atoms with Gasteiger partial charge in [0.1, 0.15) is 12.1 Å².